The predicted molar refractivity (Wildman–Crippen MR) is 71.7 cm³/mol. The van der Waals surface area contributed by atoms with Crippen molar-refractivity contribution in [2.45, 2.75) is 13.0 Å². The molecule has 0 aromatic carbocycles. The van der Waals surface area contributed by atoms with Gasteiger partial charge in [-0.2, -0.15) is 4.98 Å². The molecule has 8 heteroatoms. The summed E-state index contributed by atoms with van der Waals surface area (Å²) in [6, 6.07) is 0.0758. The molecule has 0 fully saturated rings. The SMILES string of the molecule is CC(Nc1nc(NN)ncc1Br)c1nccs1. The first-order valence-electron chi connectivity index (χ1n) is 4.86. The largest absolute Gasteiger partial charge is 0.360 e. The van der Waals surface area contributed by atoms with Crippen LogP contribution in [0.4, 0.5) is 11.8 Å². The van der Waals surface area contributed by atoms with E-state index in [1.807, 2.05) is 12.3 Å². The molecule has 0 amide bonds. The van der Waals surface area contributed by atoms with Gasteiger partial charge in [0, 0.05) is 17.8 Å². The molecule has 0 saturated heterocycles. The molecule has 2 heterocycles. The molecular formula is C9H11BrN6S. The topological polar surface area (TPSA) is 88.8 Å². The second-order valence-corrected chi connectivity index (χ2v) is 5.05. The van der Waals surface area contributed by atoms with Crippen molar-refractivity contribution in [1.82, 2.24) is 15.0 Å². The van der Waals surface area contributed by atoms with Gasteiger partial charge in [0.2, 0.25) is 5.95 Å². The molecule has 6 nitrogen and oxygen atoms in total. The minimum atomic E-state index is 0.0758. The molecule has 0 saturated carbocycles. The molecule has 17 heavy (non-hydrogen) atoms. The summed E-state index contributed by atoms with van der Waals surface area (Å²) in [6.07, 6.45) is 3.42. The average molecular weight is 315 g/mol. The van der Waals surface area contributed by atoms with Crippen LogP contribution in [0.25, 0.3) is 0 Å². The number of thiazole rings is 1. The van der Waals surface area contributed by atoms with Crippen molar-refractivity contribution in [3.63, 3.8) is 0 Å². The van der Waals surface area contributed by atoms with Crippen LogP contribution in [0.2, 0.25) is 0 Å². The number of nitrogen functional groups attached to an aromatic ring is 1. The van der Waals surface area contributed by atoms with Gasteiger partial charge in [-0.25, -0.2) is 15.8 Å². The smallest absolute Gasteiger partial charge is 0.239 e. The number of anilines is 2. The summed E-state index contributed by atoms with van der Waals surface area (Å²) in [5.41, 5.74) is 2.41. The molecule has 2 aromatic heterocycles. The quantitative estimate of drug-likeness (QED) is 0.592. The van der Waals surface area contributed by atoms with Crippen molar-refractivity contribution in [2.75, 3.05) is 10.7 Å². The van der Waals surface area contributed by atoms with Crippen molar-refractivity contribution < 1.29 is 0 Å². The maximum absolute atomic E-state index is 5.27. The first kappa shape index (κ1) is 12.2. The summed E-state index contributed by atoms with van der Waals surface area (Å²) in [5.74, 6) is 6.31. The van der Waals surface area contributed by atoms with Crippen molar-refractivity contribution in [1.29, 1.82) is 0 Å². The maximum atomic E-state index is 5.27. The molecule has 2 aromatic rings. The van der Waals surface area contributed by atoms with E-state index >= 15 is 0 Å². The Morgan fingerprint density at radius 3 is 2.94 bits per heavy atom. The third-order valence-corrected chi connectivity index (χ3v) is 3.59. The number of hydrogen-bond acceptors (Lipinski definition) is 7. The van der Waals surface area contributed by atoms with Crippen LogP contribution in [0.1, 0.15) is 18.0 Å². The molecule has 0 bridgehead atoms. The first-order chi connectivity index (χ1) is 8.20. The van der Waals surface area contributed by atoms with E-state index in [-0.39, 0.29) is 6.04 Å². The number of hydrazine groups is 1. The van der Waals surface area contributed by atoms with E-state index in [1.54, 1.807) is 23.7 Å². The number of nitrogens with two attached hydrogens (primary N) is 1. The highest BCUT2D eigenvalue weighted by Gasteiger charge is 2.11. The van der Waals surface area contributed by atoms with Crippen LogP contribution >= 0.6 is 27.3 Å². The summed E-state index contributed by atoms with van der Waals surface area (Å²) < 4.78 is 0.778. The lowest BCUT2D eigenvalue weighted by Crippen LogP contribution is -2.13. The first-order valence-corrected chi connectivity index (χ1v) is 6.53. The highest BCUT2D eigenvalue weighted by Crippen LogP contribution is 2.25. The van der Waals surface area contributed by atoms with Gasteiger partial charge in [0.05, 0.1) is 10.5 Å². The van der Waals surface area contributed by atoms with Gasteiger partial charge >= 0.3 is 0 Å². The fourth-order valence-corrected chi connectivity index (χ4v) is 2.20. The van der Waals surface area contributed by atoms with Crippen LogP contribution in [-0.4, -0.2) is 15.0 Å². The predicted octanol–water partition coefficient (Wildman–Crippen LogP) is 2.15. The highest BCUT2D eigenvalue weighted by atomic mass is 79.9. The van der Waals surface area contributed by atoms with Crippen LogP contribution in [0.5, 0.6) is 0 Å². The van der Waals surface area contributed by atoms with Crippen LogP contribution in [0.15, 0.2) is 22.2 Å². The highest BCUT2D eigenvalue weighted by molar-refractivity contribution is 9.10. The molecule has 1 atom stereocenters. The summed E-state index contributed by atoms with van der Waals surface area (Å²) >= 11 is 4.97. The van der Waals surface area contributed by atoms with Gasteiger partial charge in [0.15, 0.2) is 0 Å². The Kier molecular flexibility index (Phi) is 3.87. The molecule has 0 aliphatic heterocycles. The van der Waals surface area contributed by atoms with E-state index in [0.29, 0.717) is 11.8 Å². The van der Waals surface area contributed by atoms with Gasteiger partial charge < -0.3 is 5.32 Å². The Morgan fingerprint density at radius 2 is 2.29 bits per heavy atom. The summed E-state index contributed by atoms with van der Waals surface area (Å²) in [7, 11) is 0. The van der Waals surface area contributed by atoms with E-state index in [4.69, 9.17) is 5.84 Å². The Hall–Kier alpha value is -1.25. The van der Waals surface area contributed by atoms with Gasteiger partial charge in [-0.1, -0.05) is 0 Å². The monoisotopic (exact) mass is 314 g/mol. The third-order valence-electron chi connectivity index (χ3n) is 2.05. The van der Waals surface area contributed by atoms with Gasteiger partial charge in [0.25, 0.3) is 0 Å². The lowest BCUT2D eigenvalue weighted by atomic mass is 10.3. The number of halogens is 1. The van der Waals surface area contributed by atoms with E-state index in [9.17, 15) is 0 Å². The average Bonchev–Trinajstić information content (AvgIpc) is 2.85. The molecule has 0 radical (unpaired) electrons. The number of nitrogens with zero attached hydrogens (tertiary/aromatic N) is 3. The Morgan fingerprint density at radius 1 is 1.47 bits per heavy atom. The number of hydrogen-bond donors (Lipinski definition) is 3. The number of nitrogens with one attached hydrogen (secondary N) is 2. The Balaban J connectivity index is 2.18. The lowest BCUT2D eigenvalue weighted by Gasteiger charge is -2.13. The maximum Gasteiger partial charge on any atom is 0.239 e. The Labute approximate surface area is 111 Å². The van der Waals surface area contributed by atoms with Gasteiger partial charge in [-0.3, -0.25) is 5.43 Å². The zero-order valence-electron chi connectivity index (χ0n) is 9.01. The zero-order chi connectivity index (χ0) is 12.3. The minimum Gasteiger partial charge on any atom is -0.360 e. The summed E-state index contributed by atoms with van der Waals surface area (Å²) in [6.45, 7) is 2.02. The number of aromatic nitrogens is 3. The summed E-state index contributed by atoms with van der Waals surface area (Å²) in [4.78, 5) is 12.4. The van der Waals surface area contributed by atoms with Crippen LogP contribution in [0.3, 0.4) is 0 Å². The molecule has 2 rings (SSSR count). The van der Waals surface area contributed by atoms with Gasteiger partial charge in [-0.15, -0.1) is 11.3 Å². The van der Waals surface area contributed by atoms with Crippen LogP contribution in [-0.2, 0) is 0 Å². The zero-order valence-corrected chi connectivity index (χ0v) is 11.4. The van der Waals surface area contributed by atoms with Crippen molar-refractivity contribution in [3.05, 3.63) is 27.3 Å². The van der Waals surface area contributed by atoms with Crippen molar-refractivity contribution in [2.24, 2.45) is 5.84 Å². The standard InChI is InChI=1S/C9H11BrN6S/c1-5(8-12-2-3-17-8)14-7-6(10)4-13-9(15-7)16-11/h2-5H,11H2,1H3,(H2,13,14,15,16). The molecular weight excluding hydrogens is 304 g/mol. The lowest BCUT2D eigenvalue weighted by molar-refractivity contribution is 0.856. The molecule has 4 N–H and O–H groups in total. The second-order valence-electron chi connectivity index (χ2n) is 3.27. The third kappa shape index (κ3) is 2.90. The van der Waals surface area contributed by atoms with Crippen molar-refractivity contribution in [3.8, 4) is 0 Å². The fourth-order valence-electron chi connectivity index (χ4n) is 1.25. The molecule has 1 unspecified atom stereocenters. The number of rotatable bonds is 4. The van der Waals surface area contributed by atoms with E-state index < -0.39 is 0 Å². The van der Waals surface area contributed by atoms with E-state index in [0.717, 1.165) is 9.48 Å². The summed E-state index contributed by atoms with van der Waals surface area (Å²) in [5, 5.41) is 6.18. The van der Waals surface area contributed by atoms with Gasteiger partial charge in [-0.05, 0) is 22.9 Å². The van der Waals surface area contributed by atoms with Crippen molar-refractivity contribution >= 4 is 39.0 Å². The molecule has 0 spiro atoms. The second kappa shape index (κ2) is 5.39. The fraction of sp³-hybridized carbons (Fsp3) is 0.222. The van der Waals surface area contributed by atoms with E-state index in [2.05, 4.69) is 41.6 Å². The van der Waals surface area contributed by atoms with Gasteiger partial charge in [0.1, 0.15) is 10.8 Å². The Bertz CT molecular complexity index is 488. The van der Waals surface area contributed by atoms with E-state index in [1.165, 1.54) is 0 Å². The van der Waals surface area contributed by atoms with Crippen LogP contribution in [0, 0.1) is 0 Å². The molecule has 90 valence electrons. The van der Waals surface area contributed by atoms with Crippen LogP contribution < -0.4 is 16.6 Å². The normalized spacial score (nSPS) is 12.2. The molecule has 0 aliphatic carbocycles. The minimum absolute atomic E-state index is 0.0758. The molecule has 0 aliphatic rings.